The van der Waals surface area contributed by atoms with Crippen molar-refractivity contribution in [3.05, 3.63) is 64.8 Å². The molecule has 0 saturated heterocycles. The number of carbonyl (C=O) groups excluding carboxylic acids is 2. The number of aliphatic carboxylic acids is 1. The third kappa shape index (κ3) is 4.53. The third-order valence-corrected chi connectivity index (χ3v) is 4.90. The van der Waals surface area contributed by atoms with Crippen molar-refractivity contribution in [2.24, 2.45) is 10.9 Å². The molecule has 0 spiro atoms. The first kappa shape index (κ1) is 21.9. The quantitative estimate of drug-likeness (QED) is 0.414. The molecule has 0 unspecified atom stereocenters. The minimum Gasteiger partial charge on any atom is -0.546 e. The van der Waals surface area contributed by atoms with Gasteiger partial charge in [0, 0.05) is 17.8 Å². The molecule has 0 radical (unpaired) electrons. The summed E-state index contributed by atoms with van der Waals surface area (Å²) in [6.07, 6.45) is 0.561. The van der Waals surface area contributed by atoms with Crippen LogP contribution in [0.1, 0.15) is 29.3 Å². The zero-order valence-electron chi connectivity index (χ0n) is 17.7. The van der Waals surface area contributed by atoms with Crippen molar-refractivity contribution < 1.29 is 24.3 Å². The van der Waals surface area contributed by atoms with Gasteiger partial charge >= 0.3 is 0 Å². The van der Waals surface area contributed by atoms with Gasteiger partial charge in [-0.1, -0.05) is 42.4 Å². The van der Waals surface area contributed by atoms with Crippen molar-refractivity contribution in [1.82, 2.24) is 4.57 Å². The van der Waals surface area contributed by atoms with E-state index in [1.807, 2.05) is 50.2 Å². The normalized spacial score (nSPS) is 11.5. The van der Waals surface area contributed by atoms with E-state index in [-0.39, 0.29) is 5.71 Å². The molecule has 0 aliphatic carbocycles. The van der Waals surface area contributed by atoms with Gasteiger partial charge in [-0.2, -0.15) is 0 Å². The van der Waals surface area contributed by atoms with E-state index in [0.29, 0.717) is 29.7 Å². The lowest BCUT2D eigenvalue weighted by Crippen LogP contribution is -2.29. The van der Waals surface area contributed by atoms with Crippen LogP contribution in [0.3, 0.4) is 0 Å². The minimum atomic E-state index is -1.35. The molecule has 2 aromatic carbocycles. The number of fused-ring (bicyclic) bond motifs is 1. The Labute approximate surface area is 179 Å². The maximum absolute atomic E-state index is 12.3. The van der Waals surface area contributed by atoms with Crippen molar-refractivity contribution in [2.45, 2.75) is 26.8 Å². The van der Waals surface area contributed by atoms with Crippen LogP contribution in [-0.4, -0.2) is 35.9 Å². The highest BCUT2D eigenvalue weighted by Gasteiger charge is 2.27. The Morgan fingerprint density at radius 1 is 1.19 bits per heavy atom. The maximum atomic E-state index is 12.3. The topological polar surface area (TPSA) is 119 Å². The molecule has 0 atom stereocenters. The molecule has 1 amide bonds. The van der Waals surface area contributed by atoms with Gasteiger partial charge in [0.05, 0.1) is 16.9 Å². The Hall–Kier alpha value is -3.81. The number of ether oxygens (including phenoxy) is 1. The van der Waals surface area contributed by atoms with Crippen LogP contribution in [0.2, 0.25) is 0 Å². The maximum Gasteiger partial charge on any atom is 0.271 e. The Morgan fingerprint density at radius 3 is 2.48 bits per heavy atom. The lowest BCUT2D eigenvalue weighted by molar-refractivity contribution is -0.307. The van der Waals surface area contributed by atoms with Crippen LogP contribution in [0, 0.1) is 6.92 Å². The van der Waals surface area contributed by atoms with Crippen LogP contribution >= 0.6 is 0 Å². The van der Waals surface area contributed by atoms with Crippen LogP contribution in [0.4, 0.5) is 0 Å². The molecule has 0 aliphatic rings. The predicted octanol–water partition coefficient (Wildman–Crippen LogP) is 1.52. The van der Waals surface area contributed by atoms with Crippen LogP contribution < -0.4 is 15.6 Å². The summed E-state index contributed by atoms with van der Waals surface area (Å²) < 4.78 is 7.61. The number of hydrogen-bond acceptors (Lipinski definition) is 6. The zero-order valence-corrected chi connectivity index (χ0v) is 17.7. The van der Waals surface area contributed by atoms with Gasteiger partial charge in [-0.3, -0.25) is 4.79 Å². The van der Waals surface area contributed by atoms with Gasteiger partial charge in [-0.05, 0) is 36.6 Å². The Balaban J connectivity index is 2.38. The molecule has 3 aromatic rings. The van der Waals surface area contributed by atoms with Gasteiger partial charge in [-0.25, -0.2) is 0 Å². The fourth-order valence-electron chi connectivity index (χ4n) is 3.75. The number of primary amides is 1. The molecule has 0 bridgehead atoms. The largest absolute Gasteiger partial charge is 0.546 e. The van der Waals surface area contributed by atoms with Gasteiger partial charge in [0.15, 0.2) is 5.71 Å². The molecular formula is C23H24N3O5-. The summed E-state index contributed by atoms with van der Waals surface area (Å²) in [6, 6.07) is 13.5. The van der Waals surface area contributed by atoms with E-state index in [4.69, 9.17) is 15.3 Å². The van der Waals surface area contributed by atoms with Crippen molar-refractivity contribution in [2.75, 3.05) is 13.7 Å². The summed E-state index contributed by atoms with van der Waals surface area (Å²) in [5, 5.41) is 15.5. The molecular weight excluding hydrogens is 398 g/mol. The second kappa shape index (κ2) is 9.34. The van der Waals surface area contributed by atoms with Crippen LogP contribution in [-0.2, 0) is 27.4 Å². The molecule has 0 fully saturated rings. The molecule has 0 aliphatic heterocycles. The van der Waals surface area contributed by atoms with Crippen molar-refractivity contribution in [1.29, 1.82) is 0 Å². The number of carboxylic acid groups (broad SMARTS) is 1. The van der Waals surface area contributed by atoms with E-state index < -0.39 is 18.5 Å². The Bertz CT molecular complexity index is 1150. The smallest absolute Gasteiger partial charge is 0.271 e. The highest BCUT2D eigenvalue weighted by Crippen LogP contribution is 2.36. The molecule has 1 heterocycles. The SMILES string of the molecule is CCc1c(/C(=N/OC)C(N)=O)c2c(OCC(=O)[O-])cc(C)cc2n1Cc1ccccc1. The first-order valence-electron chi connectivity index (χ1n) is 9.80. The Morgan fingerprint density at radius 2 is 1.90 bits per heavy atom. The van der Waals surface area contributed by atoms with Crippen molar-refractivity contribution >= 4 is 28.5 Å². The number of hydrogen-bond donors (Lipinski definition) is 1. The highest BCUT2D eigenvalue weighted by atomic mass is 16.6. The number of benzene rings is 2. The second-order valence-electron chi connectivity index (χ2n) is 7.05. The number of carbonyl (C=O) groups is 2. The summed E-state index contributed by atoms with van der Waals surface area (Å²) in [5.74, 6) is -1.81. The molecule has 1 aromatic heterocycles. The lowest BCUT2D eigenvalue weighted by Gasteiger charge is -2.12. The van der Waals surface area contributed by atoms with Gasteiger partial charge in [0.25, 0.3) is 5.91 Å². The van der Waals surface area contributed by atoms with Crippen LogP contribution in [0.15, 0.2) is 47.6 Å². The van der Waals surface area contributed by atoms with E-state index in [2.05, 4.69) is 9.72 Å². The number of nitrogens with two attached hydrogens (primary N) is 1. The number of aromatic nitrogens is 1. The third-order valence-electron chi connectivity index (χ3n) is 4.90. The summed E-state index contributed by atoms with van der Waals surface area (Å²) >= 11 is 0. The summed E-state index contributed by atoms with van der Waals surface area (Å²) in [4.78, 5) is 28.2. The first-order valence-corrected chi connectivity index (χ1v) is 9.80. The summed E-state index contributed by atoms with van der Waals surface area (Å²) in [7, 11) is 1.33. The monoisotopic (exact) mass is 422 g/mol. The predicted molar refractivity (Wildman–Crippen MR) is 115 cm³/mol. The number of rotatable bonds is 9. The molecule has 162 valence electrons. The number of nitrogens with zero attached hydrogens (tertiary/aromatic N) is 2. The van der Waals surface area contributed by atoms with Gasteiger partial charge in [0.1, 0.15) is 19.5 Å². The van der Waals surface area contributed by atoms with E-state index in [1.54, 1.807) is 6.07 Å². The summed E-state index contributed by atoms with van der Waals surface area (Å²) in [5.41, 5.74) is 9.54. The van der Waals surface area contributed by atoms with E-state index >= 15 is 0 Å². The fourth-order valence-corrected chi connectivity index (χ4v) is 3.75. The minimum absolute atomic E-state index is 0.0571. The van der Waals surface area contributed by atoms with Gasteiger partial charge in [0.2, 0.25) is 0 Å². The average molecular weight is 422 g/mol. The first-order chi connectivity index (χ1) is 14.9. The standard InChI is InChI=1S/C23H25N3O5/c1-4-16-21(22(23(24)29)25-30-3)20-17(26(16)12-15-8-6-5-7-9-15)10-14(2)11-18(20)31-13-19(27)28/h5-11H,4,12-13H2,1-3H3,(H2,24,29)(H,27,28)/p-1/b25-22-. The number of carboxylic acids is 1. The molecule has 2 N–H and O–H groups in total. The highest BCUT2D eigenvalue weighted by molar-refractivity contribution is 6.47. The second-order valence-corrected chi connectivity index (χ2v) is 7.05. The van der Waals surface area contributed by atoms with Crippen LogP contribution in [0.25, 0.3) is 10.9 Å². The van der Waals surface area contributed by atoms with Crippen molar-refractivity contribution in [3.8, 4) is 5.75 Å². The lowest BCUT2D eigenvalue weighted by atomic mass is 10.0. The molecule has 0 saturated carbocycles. The Kier molecular flexibility index (Phi) is 6.59. The summed E-state index contributed by atoms with van der Waals surface area (Å²) in [6.45, 7) is 3.74. The van der Waals surface area contributed by atoms with Gasteiger partial charge in [-0.15, -0.1) is 0 Å². The van der Waals surface area contributed by atoms with Crippen LogP contribution in [0.5, 0.6) is 5.75 Å². The number of oxime groups is 1. The zero-order chi connectivity index (χ0) is 22.5. The molecule has 8 nitrogen and oxygen atoms in total. The average Bonchev–Trinajstić information content (AvgIpc) is 3.03. The van der Waals surface area contributed by atoms with E-state index in [9.17, 15) is 14.7 Å². The van der Waals surface area contributed by atoms with E-state index in [1.165, 1.54) is 7.11 Å². The van der Waals surface area contributed by atoms with Gasteiger partial charge < -0.3 is 29.8 Å². The number of aryl methyl sites for hydroxylation is 1. The molecule has 3 rings (SSSR count). The van der Waals surface area contributed by atoms with Crippen molar-refractivity contribution in [3.63, 3.8) is 0 Å². The molecule has 31 heavy (non-hydrogen) atoms. The number of amides is 1. The molecule has 8 heteroatoms. The van der Waals surface area contributed by atoms with E-state index in [0.717, 1.165) is 22.3 Å². The fraction of sp³-hybridized carbons (Fsp3) is 0.261.